The van der Waals surface area contributed by atoms with Gasteiger partial charge in [-0.05, 0) is 40.0 Å². The number of nitrogens with one attached hydrogen (secondary N) is 1. The van der Waals surface area contributed by atoms with Crippen LogP contribution in [-0.4, -0.2) is 59.4 Å². The minimum atomic E-state index is -3.00. The molecule has 0 saturated carbocycles. The number of imidazole rings is 1. The Bertz CT molecular complexity index is 769. The first kappa shape index (κ1) is 19.7. The van der Waals surface area contributed by atoms with Crippen LogP contribution in [0.5, 0.6) is 0 Å². The van der Waals surface area contributed by atoms with Crippen molar-refractivity contribution in [2.75, 3.05) is 18.1 Å². The number of thioether (sulfide) groups is 1. The number of hydrogen-bond acceptors (Lipinski definition) is 6. The summed E-state index contributed by atoms with van der Waals surface area (Å²) in [6.07, 6.45) is 2.84. The number of hydrogen-bond donors (Lipinski definition) is 1. The molecular weight excluding hydrogens is 374 g/mol. The zero-order chi connectivity index (χ0) is 18.9. The van der Waals surface area contributed by atoms with Crippen LogP contribution in [0.1, 0.15) is 37.6 Å². The van der Waals surface area contributed by atoms with Crippen molar-refractivity contribution in [3.8, 4) is 0 Å². The quantitative estimate of drug-likeness (QED) is 0.726. The number of ether oxygens (including phenoxy) is 1. The van der Waals surface area contributed by atoms with E-state index in [9.17, 15) is 13.2 Å². The number of rotatable bonds is 6. The van der Waals surface area contributed by atoms with Crippen LogP contribution in [0.25, 0.3) is 0 Å². The number of nitrogens with zero attached hydrogens (tertiary/aromatic N) is 2. The molecule has 0 spiro atoms. The van der Waals surface area contributed by atoms with E-state index in [0.29, 0.717) is 6.42 Å². The SMILES string of the molecule is Cc1nc(S[C@H](C)C(=O)N[C@H]2CCS(=O)(=O)C2)n(C[C@H]2CCCO2)c1C. The third-order valence-corrected chi connectivity index (χ3v) is 7.92. The lowest BCUT2D eigenvalue weighted by Crippen LogP contribution is -2.40. The van der Waals surface area contributed by atoms with Gasteiger partial charge in [-0.2, -0.15) is 0 Å². The summed E-state index contributed by atoms with van der Waals surface area (Å²) in [4.78, 5) is 17.1. The predicted octanol–water partition coefficient (Wildman–Crippen LogP) is 1.46. The molecule has 3 heterocycles. The first-order valence-electron chi connectivity index (χ1n) is 9.08. The topological polar surface area (TPSA) is 90.3 Å². The fourth-order valence-corrected chi connectivity index (χ4v) is 6.05. The summed E-state index contributed by atoms with van der Waals surface area (Å²) in [5.41, 5.74) is 2.05. The molecule has 7 nitrogen and oxygen atoms in total. The summed E-state index contributed by atoms with van der Waals surface area (Å²) in [5, 5.41) is 3.34. The average Bonchev–Trinajstić information content (AvgIpc) is 3.25. The number of carbonyl (C=O) groups excluding carboxylic acids is 1. The second-order valence-corrected chi connectivity index (χ2v) is 10.7. The van der Waals surface area contributed by atoms with Gasteiger partial charge in [-0.25, -0.2) is 13.4 Å². The van der Waals surface area contributed by atoms with Gasteiger partial charge in [0.1, 0.15) is 0 Å². The Balaban J connectivity index is 1.63. The van der Waals surface area contributed by atoms with Crippen LogP contribution in [0, 0.1) is 13.8 Å². The molecule has 3 rings (SSSR count). The number of aromatic nitrogens is 2. The molecule has 1 aromatic heterocycles. The molecular formula is C17H27N3O4S2. The van der Waals surface area contributed by atoms with Crippen LogP contribution in [0.2, 0.25) is 0 Å². The van der Waals surface area contributed by atoms with Crippen molar-refractivity contribution in [1.82, 2.24) is 14.9 Å². The summed E-state index contributed by atoms with van der Waals surface area (Å²) >= 11 is 1.41. The zero-order valence-corrected chi connectivity index (χ0v) is 17.2. The van der Waals surface area contributed by atoms with Crippen molar-refractivity contribution in [2.24, 2.45) is 0 Å². The lowest BCUT2D eigenvalue weighted by Gasteiger charge is -2.18. The molecule has 0 aromatic carbocycles. The van der Waals surface area contributed by atoms with Gasteiger partial charge in [0.25, 0.3) is 0 Å². The molecule has 1 N–H and O–H groups in total. The zero-order valence-electron chi connectivity index (χ0n) is 15.5. The standard InChI is InChI=1S/C17H27N3O4S2/c1-11-12(2)20(9-15-5-4-7-24-15)17(18-11)25-13(3)16(21)19-14-6-8-26(22,23)10-14/h13-15H,4-10H2,1-3H3,(H,19,21)/t13-,14+,15-/m1/s1. The summed E-state index contributed by atoms with van der Waals surface area (Å²) in [7, 11) is -3.00. The molecule has 0 aliphatic carbocycles. The molecule has 2 aliphatic heterocycles. The highest BCUT2D eigenvalue weighted by atomic mass is 32.2. The van der Waals surface area contributed by atoms with E-state index in [-0.39, 0.29) is 34.8 Å². The van der Waals surface area contributed by atoms with Gasteiger partial charge in [0, 0.05) is 18.3 Å². The Kier molecular flexibility index (Phi) is 5.98. The third kappa shape index (κ3) is 4.61. The molecule has 0 bridgehead atoms. The number of amides is 1. The van der Waals surface area contributed by atoms with E-state index >= 15 is 0 Å². The molecule has 2 fully saturated rings. The summed E-state index contributed by atoms with van der Waals surface area (Å²) in [5.74, 6) is 0.0603. The van der Waals surface area contributed by atoms with E-state index < -0.39 is 9.84 Å². The fraction of sp³-hybridized carbons (Fsp3) is 0.765. The molecule has 26 heavy (non-hydrogen) atoms. The Morgan fingerprint density at radius 1 is 1.42 bits per heavy atom. The average molecular weight is 402 g/mol. The van der Waals surface area contributed by atoms with Crippen molar-refractivity contribution < 1.29 is 17.9 Å². The lowest BCUT2D eigenvalue weighted by molar-refractivity contribution is -0.120. The van der Waals surface area contributed by atoms with Crippen LogP contribution >= 0.6 is 11.8 Å². The van der Waals surface area contributed by atoms with E-state index in [1.165, 1.54) is 11.8 Å². The van der Waals surface area contributed by atoms with Gasteiger partial charge >= 0.3 is 0 Å². The van der Waals surface area contributed by atoms with Gasteiger partial charge in [0.05, 0.1) is 35.1 Å². The molecule has 0 radical (unpaired) electrons. The normalized spacial score (nSPS) is 26.1. The molecule has 1 amide bonds. The first-order chi connectivity index (χ1) is 12.2. The van der Waals surface area contributed by atoms with Crippen LogP contribution in [0.4, 0.5) is 0 Å². The van der Waals surface area contributed by atoms with E-state index in [2.05, 4.69) is 14.9 Å². The maximum atomic E-state index is 12.5. The number of carbonyl (C=O) groups is 1. The highest BCUT2D eigenvalue weighted by Crippen LogP contribution is 2.27. The Labute approximate surface area is 159 Å². The molecule has 2 saturated heterocycles. The lowest BCUT2D eigenvalue weighted by atomic mass is 10.2. The van der Waals surface area contributed by atoms with Crippen molar-refractivity contribution in [2.45, 2.75) is 69.1 Å². The first-order valence-corrected chi connectivity index (χ1v) is 11.8. The van der Waals surface area contributed by atoms with Crippen molar-refractivity contribution >= 4 is 27.5 Å². The van der Waals surface area contributed by atoms with Gasteiger partial charge in [0.15, 0.2) is 15.0 Å². The predicted molar refractivity (Wildman–Crippen MR) is 101 cm³/mol. The number of aryl methyl sites for hydroxylation is 1. The van der Waals surface area contributed by atoms with Crippen LogP contribution in [0.3, 0.4) is 0 Å². The monoisotopic (exact) mass is 401 g/mol. The third-order valence-electron chi connectivity index (χ3n) is 5.06. The van der Waals surface area contributed by atoms with Gasteiger partial charge in [0.2, 0.25) is 5.91 Å². The molecule has 1 aromatic rings. The van der Waals surface area contributed by atoms with E-state index in [1.807, 2.05) is 20.8 Å². The second kappa shape index (κ2) is 7.90. The second-order valence-electron chi connectivity index (χ2n) is 7.18. The largest absolute Gasteiger partial charge is 0.376 e. The van der Waals surface area contributed by atoms with Gasteiger partial charge in [-0.15, -0.1) is 0 Å². The highest BCUT2D eigenvalue weighted by molar-refractivity contribution is 8.00. The molecule has 3 atom stereocenters. The van der Waals surface area contributed by atoms with Gasteiger partial charge in [-0.1, -0.05) is 11.8 Å². The summed E-state index contributed by atoms with van der Waals surface area (Å²) < 4.78 is 31.0. The maximum absolute atomic E-state index is 12.5. The van der Waals surface area contributed by atoms with Crippen LogP contribution in [-0.2, 0) is 25.9 Å². The summed E-state index contributed by atoms with van der Waals surface area (Å²) in [6, 6.07) is -0.273. The smallest absolute Gasteiger partial charge is 0.233 e. The Morgan fingerprint density at radius 2 is 2.19 bits per heavy atom. The van der Waals surface area contributed by atoms with Gasteiger partial charge < -0.3 is 14.6 Å². The minimum absolute atomic E-state index is 0.0436. The molecule has 146 valence electrons. The number of sulfone groups is 1. The van der Waals surface area contributed by atoms with Crippen LogP contribution < -0.4 is 5.32 Å². The Hall–Kier alpha value is -1.06. The van der Waals surface area contributed by atoms with Crippen molar-refractivity contribution in [3.05, 3.63) is 11.4 Å². The summed E-state index contributed by atoms with van der Waals surface area (Å²) in [6.45, 7) is 7.40. The highest BCUT2D eigenvalue weighted by Gasteiger charge is 2.30. The van der Waals surface area contributed by atoms with Crippen LogP contribution in [0.15, 0.2) is 5.16 Å². The van der Waals surface area contributed by atoms with E-state index in [1.54, 1.807) is 0 Å². The Morgan fingerprint density at radius 3 is 2.81 bits per heavy atom. The van der Waals surface area contributed by atoms with Gasteiger partial charge in [-0.3, -0.25) is 4.79 Å². The molecule has 2 aliphatic rings. The van der Waals surface area contributed by atoms with E-state index in [0.717, 1.165) is 42.5 Å². The fourth-order valence-electron chi connectivity index (χ4n) is 3.36. The maximum Gasteiger partial charge on any atom is 0.233 e. The minimum Gasteiger partial charge on any atom is -0.376 e. The molecule has 0 unspecified atom stereocenters. The van der Waals surface area contributed by atoms with E-state index in [4.69, 9.17) is 4.74 Å². The molecule has 9 heteroatoms. The van der Waals surface area contributed by atoms with Crippen molar-refractivity contribution in [3.63, 3.8) is 0 Å². The van der Waals surface area contributed by atoms with Crippen molar-refractivity contribution in [1.29, 1.82) is 0 Å².